The lowest BCUT2D eigenvalue weighted by molar-refractivity contribution is -0.121. The summed E-state index contributed by atoms with van der Waals surface area (Å²) >= 11 is 0. The summed E-state index contributed by atoms with van der Waals surface area (Å²) in [5.41, 5.74) is 1.08. The average molecular weight is 320 g/mol. The third kappa shape index (κ3) is 4.90. The summed E-state index contributed by atoms with van der Waals surface area (Å²) in [6, 6.07) is -0.682. The topological polar surface area (TPSA) is 132 Å². The summed E-state index contributed by atoms with van der Waals surface area (Å²) in [6.45, 7) is 1.78. The first-order valence-electron chi connectivity index (χ1n) is 7.53. The SMILES string of the molecule is CCC(Nc1n[nH]c(=O)[nH]c1=O)C(=O)N/N=C\C1CC=CCC1. The van der Waals surface area contributed by atoms with Gasteiger partial charge < -0.3 is 5.32 Å². The first-order valence-corrected chi connectivity index (χ1v) is 7.53. The lowest BCUT2D eigenvalue weighted by Gasteiger charge is -2.15. The molecule has 0 bridgehead atoms. The third-order valence-corrected chi connectivity index (χ3v) is 3.52. The summed E-state index contributed by atoms with van der Waals surface area (Å²) in [7, 11) is 0. The number of hydrazone groups is 1. The number of amides is 1. The van der Waals surface area contributed by atoms with Crippen molar-refractivity contribution in [3.05, 3.63) is 33.0 Å². The van der Waals surface area contributed by atoms with E-state index in [0.29, 0.717) is 12.3 Å². The van der Waals surface area contributed by atoms with Gasteiger partial charge in [0.15, 0.2) is 0 Å². The summed E-state index contributed by atoms with van der Waals surface area (Å²) in [4.78, 5) is 36.6. The Kier molecular flexibility index (Phi) is 5.84. The number of allylic oxidation sites excluding steroid dienone is 2. The van der Waals surface area contributed by atoms with Crippen molar-refractivity contribution in [2.45, 2.75) is 38.6 Å². The Morgan fingerprint density at radius 2 is 2.35 bits per heavy atom. The van der Waals surface area contributed by atoms with Crippen LogP contribution in [0.3, 0.4) is 0 Å². The van der Waals surface area contributed by atoms with Crippen LogP contribution in [0.1, 0.15) is 32.6 Å². The van der Waals surface area contributed by atoms with Crippen LogP contribution >= 0.6 is 0 Å². The van der Waals surface area contributed by atoms with E-state index in [1.807, 2.05) is 4.98 Å². The number of carbonyl (C=O) groups excluding carboxylic acids is 1. The first-order chi connectivity index (χ1) is 11.1. The van der Waals surface area contributed by atoms with Gasteiger partial charge in [-0.2, -0.15) is 5.10 Å². The maximum absolute atomic E-state index is 12.1. The van der Waals surface area contributed by atoms with E-state index in [1.54, 1.807) is 13.1 Å². The number of aromatic amines is 2. The van der Waals surface area contributed by atoms with Crippen molar-refractivity contribution in [3.8, 4) is 0 Å². The Morgan fingerprint density at radius 1 is 1.52 bits per heavy atom. The highest BCUT2D eigenvalue weighted by Gasteiger charge is 2.18. The van der Waals surface area contributed by atoms with E-state index in [4.69, 9.17) is 0 Å². The van der Waals surface area contributed by atoms with Crippen LogP contribution in [0.15, 0.2) is 26.8 Å². The van der Waals surface area contributed by atoms with Crippen LogP contribution in [0, 0.1) is 5.92 Å². The number of hydrogen-bond donors (Lipinski definition) is 4. The predicted octanol–water partition coefficient (Wildman–Crippen LogP) is 0.107. The van der Waals surface area contributed by atoms with Gasteiger partial charge in [0.05, 0.1) is 0 Å². The lowest BCUT2D eigenvalue weighted by atomic mass is 9.96. The summed E-state index contributed by atoms with van der Waals surface area (Å²) in [6.07, 6.45) is 9.35. The Bertz CT molecular complexity index is 705. The molecule has 4 N–H and O–H groups in total. The zero-order valence-electron chi connectivity index (χ0n) is 12.8. The number of hydrogen-bond acceptors (Lipinski definition) is 6. The van der Waals surface area contributed by atoms with Crippen LogP contribution in [-0.2, 0) is 4.79 Å². The number of anilines is 1. The van der Waals surface area contributed by atoms with Gasteiger partial charge in [0.1, 0.15) is 6.04 Å². The Balaban J connectivity index is 1.92. The van der Waals surface area contributed by atoms with Gasteiger partial charge in [0.25, 0.3) is 11.5 Å². The second-order valence-electron chi connectivity index (χ2n) is 5.26. The number of nitrogens with one attached hydrogen (secondary N) is 4. The minimum absolute atomic E-state index is 0.118. The van der Waals surface area contributed by atoms with Crippen LogP contribution in [0.4, 0.5) is 5.82 Å². The minimum Gasteiger partial charge on any atom is -0.352 e. The van der Waals surface area contributed by atoms with Crippen molar-refractivity contribution in [1.82, 2.24) is 20.6 Å². The standard InChI is InChI=1S/C14H20N6O3/c1-2-10(16-11-13(22)17-14(23)20-18-11)12(21)19-15-8-9-6-4-3-5-7-9/h3-4,8-10H,2,5-7H2,1H3,(H,16,18)(H,19,21)(H2,17,20,22,23)/b15-8-. The van der Waals surface area contributed by atoms with E-state index in [-0.39, 0.29) is 11.7 Å². The van der Waals surface area contributed by atoms with Gasteiger partial charge in [-0.1, -0.05) is 19.1 Å². The fourth-order valence-corrected chi connectivity index (χ4v) is 2.20. The molecular formula is C14H20N6O3. The number of nitrogens with zero attached hydrogens (tertiary/aromatic N) is 2. The second kappa shape index (κ2) is 8.06. The molecule has 1 amide bonds. The van der Waals surface area contributed by atoms with E-state index in [2.05, 4.69) is 38.2 Å². The van der Waals surface area contributed by atoms with E-state index in [1.165, 1.54) is 0 Å². The monoisotopic (exact) mass is 320 g/mol. The molecule has 0 spiro atoms. The highest BCUT2D eigenvalue weighted by molar-refractivity contribution is 5.84. The zero-order valence-corrected chi connectivity index (χ0v) is 12.8. The van der Waals surface area contributed by atoms with Crippen molar-refractivity contribution in [3.63, 3.8) is 0 Å². The summed E-state index contributed by atoms with van der Waals surface area (Å²) in [5.74, 6) is -0.160. The predicted molar refractivity (Wildman–Crippen MR) is 86.3 cm³/mol. The minimum atomic E-state index is -0.704. The molecule has 1 aliphatic rings. The molecule has 2 rings (SSSR count). The smallest absolute Gasteiger partial charge is 0.342 e. The summed E-state index contributed by atoms with van der Waals surface area (Å²) in [5, 5.41) is 12.4. The van der Waals surface area contributed by atoms with Gasteiger partial charge in [-0.25, -0.2) is 15.3 Å². The Morgan fingerprint density at radius 3 is 3.00 bits per heavy atom. The molecule has 124 valence electrons. The van der Waals surface area contributed by atoms with Gasteiger partial charge in [0, 0.05) is 6.21 Å². The van der Waals surface area contributed by atoms with Crippen molar-refractivity contribution >= 4 is 17.9 Å². The van der Waals surface area contributed by atoms with E-state index in [0.717, 1.165) is 19.3 Å². The highest BCUT2D eigenvalue weighted by atomic mass is 16.2. The molecule has 0 saturated heterocycles. The molecule has 0 aliphatic heterocycles. The van der Waals surface area contributed by atoms with E-state index in [9.17, 15) is 14.4 Å². The van der Waals surface area contributed by atoms with Gasteiger partial charge in [-0.15, -0.1) is 5.10 Å². The largest absolute Gasteiger partial charge is 0.352 e. The number of rotatable bonds is 6. The fourth-order valence-electron chi connectivity index (χ4n) is 2.20. The maximum Gasteiger partial charge on any atom is 0.342 e. The van der Waals surface area contributed by atoms with Crippen molar-refractivity contribution in [2.24, 2.45) is 11.0 Å². The van der Waals surface area contributed by atoms with Crippen molar-refractivity contribution in [2.75, 3.05) is 5.32 Å². The van der Waals surface area contributed by atoms with Crippen LogP contribution in [-0.4, -0.2) is 33.3 Å². The molecule has 1 heterocycles. The van der Waals surface area contributed by atoms with E-state index >= 15 is 0 Å². The highest BCUT2D eigenvalue weighted by Crippen LogP contribution is 2.15. The van der Waals surface area contributed by atoms with Gasteiger partial charge in [-0.3, -0.25) is 14.6 Å². The number of aromatic nitrogens is 3. The van der Waals surface area contributed by atoms with E-state index < -0.39 is 17.3 Å². The Labute approximate surface area is 132 Å². The molecule has 1 aliphatic carbocycles. The van der Waals surface area contributed by atoms with Crippen LogP contribution in [0.5, 0.6) is 0 Å². The normalized spacial score (nSPS) is 18.7. The molecule has 2 atom stereocenters. The van der Waals surface area contributed by atoms with Gasteiger partial charge >= 0.3 is 5.69 Å². The van der Waals surface area contributed by atoms with Gasteiger partial charge in [-0.05, 0) is 31.6 Å². The molecular weight excluding hydrogens is 300 g/mol. The second-order valence-corrected chi connectivity index (χ2v) is 5.26. The fraction of sp³-hybridized carbons (Fsp3) is 0.500. The average Bonchev–Trinajstić information content (AvgIpc) is 2.55. The molecule has 1 aromatic heterocycles. The third-order valence-electron chi connectivity index (χ3n) is 3.52. The van der Waals surface area contributed by atoms with Crippen LogP contribution < -0.4 is 22.0 Å². The molecule has 9 heteroatoms. The molecule has 0 aromatic carbocycles. The molecule has 2 unspecified atom stereocenters. The summed E-state index contributed by atoms with van der Waals surface area (Å²) < 4.78 is 0. The molecule has 9 nitrogen and oxygen atoms in total. The zero-order chi connectivity index (χ0) is 16.7. The van der Waals surface area contributed by atoms with Crippen LogP contribution in [0.25, 0.3) is 0 Å². The molecule has 0 fully saturated rings. The first kappa shape index (κ1) is 16.7. The van der Waals surface area contributed by atoms with Crippen molar-refractivity contribution in [1.29, 1.82) is 0 Å². The van der Waals surface area contributed by atoms with Crippen molar-refractivity contribution < 1.29 is 4.79 Å². The molecule has 1 aromatic rings. The van der Waals surface area contributed by atoms with Crippen LogP contribution in [0.2, 0.25) is 0 Å². The molecule has 0 radical (unpaired) electrons. The van der Waals surface area contributed by atoms with Gasteiger partial charge in [0.2, 0.25) is 5.82 Å². The molecule has 0 saturated carbocycles. The number of H-pyrrole nitrogens is 2. The quantitative estimate of drug-likeness (QED) is 0.335. The molecule has 23 heavy (non-hydrogen) atoms. The lowest BCUT2D eigenvalue weighted by Crippen LogP contribution is -2.39. The maximum atomic E-state index is 12.1. The Hall–Kier alpha value is -2.71. The number of carbonyl (C=O) groups is 1.